The molecule has 1 aromatic carbocycles. The second kappa shape index (κ2) is 6.55. The topological polar surface area (TPSA) is 91.8 Å². The fraction of sp³-hybridized carbons (Fsp3) is 0.529. The van der Waals surface area contributed by atoms with Crippen LogP contribution < -0.4 is 0 Å². The molecule has 0 saturated carbocycles. The van der Waals surface area contributed by atoms with E-state index in [1.807, 2.05) is 6.92 Å². The Balaban J connectivity index is 2.42. The lowest BCUT2D eigenvalue weighted by Crippen LogP contribution is -2.45. The van der Waals surface area contributed by atoms with Crippen molar-refractivity contribution in [3.63, 3.8) is 0 Å². The number of likely N-dealkylation sites (tertiary alicyclic amines) is 1. The van der Waals surface area contributed by atoms with Crippen LogP contribution in [0.25, 0.3) is 0 Å². The van der Waals surface area contributed by atoms with Gasteiger partial charge < -0.3 is 10.0 Å². The number of nitrogens with zero attached hydrogens (tertiary/aromatic N) is 1. The molecule has 2 unspecified atom stereocenters. The molecule has 0 bridgehead atoms. The highest BCUT2D eigenvalue weighted by molar-refractivity contribution is 7.90. The van der Waals surface area contributed by atoms with Gasteiger partial charge in [0.05, 0.1) is 10.8 Å². The highest BCUT2D eigenvalue weighted by Gasteiger charge is 2.33. The SMILES string of the molecule is Cc1cc(S(C)(=O)=O)cc(C(=O)N2CC(C)CC(C(=O)O)C2)c1C. The number of hydrogen-bond acceptors (Lipinski definition) is 4. The van der Waals surface area contributed by atoms with Crippen molar-refractivity contribution in [1.29, 1.82) is 0 Å². The molecular weight excluding hydrogens is 330 g/mol. The Morgan fingerprint density at radius 2 is 1.83 bits per heavy atom. The van der Waals surface area contributed by atoms with E-state index in [-0.39, 0.29) is 23.3 Å². The van der Waals surface area contributed by atoms with Crippen LogP contribution in [0.4, 0.5) is 0 Å². The van der Waals surface area contributed by atoms with Crippen LogP contribution in [-0.4, -0.2) is 49.6 Å². The van der Waals surface area contributed by atoms with Gasteiger partial charge in [0, 0.05) is 24.9 Å². The third kappa shape index (κ3) is 3.77. The smallest absolute Gasteiger partial charge is 0.308 e. The molecule has 132 valence electrons. The predicted molar refractivity (Wildman–Crippen MR) is 89.8 cm³/mol. The molecule has 7 heteroatoms. The van der Waals surface area contributed by atoms with Crippen LogP contribution in [0.2, 0.25) is 0 Å². The van der Waals surface area contributed by atoms with Gasteiger partial charge in [0.2, 0.25) is 0 Å². The molecule has 1 aliphatic rings. The van der Waals surface area contributed by atoms with Crippen molar-refractivity contribution < 1.29 is 23.1 Å². The van der Waals surface area contributed by atoms with Crippen molar-refractivity contribution in [2.24, 2.45) is 11.8 Å². The van der Waals surface area contributed by atoms with Gasteiger partial charge >= 0.3 is 5.97 Å². The Hall–Kier alpha value is -1.89. The molecule has 1 aromatic rings. The van der Waals surface area contributed by atoms with Crippen molar-refractivity contribution >= 4 is 21.7 Å². The van der Waals surface area contributed by atoms with Crippen molar-refractivity contribution in [3.8, 4) is 0 Å². The van der Waals surface area contributed by atoms with E-state index in [2.05, 4.69) is 0 Å². The van der Waals surface area contributed by atoms with Crippen molar-refractivity contribution in [2.75, 3.05) is 19.3 Å². The van der Waals surface area contributed by atoms with E-state index >= 15 is 0 Å². The Kier molecular flexibility index (Phi) is 5.03. The third-order valence-electron chi connectivity index (χ3n) is 4.60. The van der Waals surface area contributed by atoms with Gasteiger partial charge in [-0.1, -0.05) is 6.92 Å². The van der Waals surface area contributed by atoms with E-state index in [1.165, 1.54) is 11.0 Å². The number of hydrogen-bond donors (Lipinski definition) is 1. The second-order valence-electron chi connectivity index (χ2n) is 6.77. The molecule has 0 spiro atoms. The maximum Gasteiger partial charge on any atom is 0.308 e. The van der Waals surface area contributed by atoms with Gasteiger partial charge in [0.1, 0.15) is 0 Å². The summed E-state index contributed by atoms with van der Waals surface area (Å²) < 4.78 is 23.7. The number of amides is 1. The number of benzene rings is 1. The van der Waals surface area contributed by atoms with Gasteiger partial charge in [-0.25, -0.2) is 8.42 Å². The van der Waals surface area contributed by atoms with Crippen LogP contribution in [0.3, 0.4) is 0 Å². The van der Waals surface area contributed by atoms with Crippen LogP contribution in [-0.2, 0) is 14.6 Å². The summed E-state index contributed by atoms with van der Waals surface area (Å²) in [5.41, 5.74) is 1.77. The number of carboxylic acid groups (broad SMARTS) is 1. The van der Waals surface area contributed by atoms with Crippen LogP contribution in [0.5, 0.6) is 0 Å². The minimum absolute atomic E-state index is 0.0864. The van der Waals surface area contributed by atoms with Gasteiger partial charge in [-0.05, 0) is 49.4 Å². The van der Waals surface area contributed by atoms with E-state index < -0.39 is 21.7 Å². The van der Waals surface area contributed by atoms with Gasteiger partial charge in [0.15, 0.2) is 9.84 Å². The standard InChI is InChI=1S/C17H23NO5S/c1-10-5-13(17(20)21)9-18(8-10)16(19)15-7-14(24(4,22)23)6-11(2)12(15)3/h6-7,10,13H,5,8-9H2,1-4H3,(H,20,21). The summed E-state index contributed by atoms with van der Waals surface area (Å²) in [6.07, 6.45) is 1.65. The normalized spacial score (nSPS) is 21.6. The van der Waals surface area contributed by atoms with Crippen molar-refractivity contribution in [2.45, 2.75) is 32.1 Å². The number of aliphatic carboxylic acids is 1. The van der Waals surface area contributed by atoms with E-state index in [0.29, 0.717) is 18.5 Å². The average molecular weight is 353 g/mol. The highest BCUT2D eigenvalue weighted by Crippen LogP contribution is 2.26. The van der Waals surface area contributed by atoms with Gasteiger partial charge in [-0.3, -0.25) is 9.59 Å². The second-order valence-corrected chi connectivity index (χ2v) is 8.79. The molecular formula is C17H23NO5S. The monoisotopic (exact) mass is 353 g/mol. The summed E-state index contributed by atoms with van der Waals surface area (Å²) in [5, 5.41) is 9.26. The Bertz CT molecular complexity index is 784. The molecule has 1 fully saturated rings. The number of carboxylic acids is 1. The lowest BCUT2D eigenvalue weighted by molar-refractivity contribution is -0.143. The van der Waals surface area contributed by atoms with E-state index in [9.17, 15) is 23.1 Å². The molecule has 0 aromatic heterocycles. The maximum absolute atomic E-state index is 12.9. The summed E-state index contributed by atoms with van der Waals surface area (Å²) in [7, 11) is -3.43. The minimum Gasteiger partial charge on any atom is -0.481 e. The summed E-state index contributed by atoms with van der Waals surface area (Å²) >= 11 is 0. The molecule has 1 N–H and O–H groups in total. The number of sulfone groups is 1. The van der Waals surface area contributed by atoms with E-state index in [0.717, 1.165) is 17.4 Å². The fourth-order valence-electron chi connectivity index (χ4n) is 3.13. The molecule has 0 radical (unpaired) electrons. The molecule has 0 aliphatic carbocycles. The zero-order chi connectivity index (χ0) is 18.2. The Labute approximate surface area is 142 Å². The summed E-state index contributed by atoms with van der Waals surface area (Å²) in [6.45, 7) is 6.08. The Morgan fingerprint density at radius 3 is 2.38 bits per heavy atom. The van der Waals surface area contributed by atoms with E-state index in [1.54, 1.807) is 19.9 Å². The zero-order valence-electron chi connectivity index (χ0n) is 14.4. The highest BCUT2D eigenvalue weighted by atomic mass is 32.2. The van der Waals surface area contributed by atoms with Crippen molar-refractivity contribution in [3.05, 3.63) is 28.8 Å². The van der Waals surface area contributed by atoms with Crippen LogP contribution in [0.1, 0.15) is 34.8 Å². The quantitative estimate of drug-likeness (QED) is 0.896. The van der Waals surface area contributed by atoms with Gasteiger partial charge in [-0.15, -0.1) is 0 Å². The summed E-state index contributed by atoms with van der Waals surface area (Å²) in [6, 6.07) is 2.95. The first-order valence-electron chi connectivity index (χ1n) is 7.84. The lowest BCUT2D eigenvalue weighted by atomic mass is 9.89. The zero-order valence-corrected chi connectivity index (χ0v) is 15.2. The molecule has 1 amide bonds. The first-order chi connectivity index (χ1) is 11.0. The molecule has 2 atom stereocenters. The Morgan fingerprint density at radius 1 is 1.21 bits per heavy atom. The number of piperidine rings is 1. The third-order valence-corrected chi connectivity index (χ3v) is 5.69. The van der Waals surface area contributed by atoms with E-state index in [4.69, 9.17) is 0 Å². The molecule has 1 aliphatic heterocycles. The van der Waals surface area contributed by atoms with Crippen molar-refractivity contribution in [1.82, 2.24) is 4.90 Å². The average Bonchev–Trinajstić information content (AvgIpc) is 2.47. The lowest BCUT2D eigenvalue weighted by Gasteiger charge is -2.35. The molecule has 24 heavy (non-hydrogen) atoms. The molecule has 2 rings (SSSR count). The number of carbonyl (C=O) groups is 2. The van der Waals surface area contributed by atoms with Crippen LogP contribution in [0.15, 0.2) is 17.0 Å². The largest absolute Gasteiger partial charge is 0.481 e. The first kappa shape index (κ1) is 18.4. The molecule has 6 nitrogen and oxygen atoms in total. The number of aryl methyl sites for hydroxylation is 1. The van der Waals surface area contributed by atoms with Crippen LogP contribution in [0, 0.1) is 25.7 Å². The van der Waals surface area contributed by atoms with Crippen LogP contribution >= 0.6 is 0 Å². The number of carbonyl (C=O) groups excluding carboxylic acids is 1. The fourth-order valence-corrected chi connectivity index (χ4v) is 3.85. The number of rotatable bonds is 3. The molecule has 1 saturated heterocycles. The predicted octanol–water partition coefficient (Wildman–Crippen LogP) is 1.89. The maximum atomic E-state index is 12.9. The summed E-state index contributed by atoms with van der Waals surface area (Å²) in [5.74, 6) is -1.71. The first-order valence-corrected chi connectivity index (χ1v) is 9.73. The van der Waals surface area contributed by atoms with Gasteiger partial charge in [-0.2, -0.15) is 0 Å². The van der Waals surface area contributed by atoms with Gasteiger partial charge in [0.25, 0.3) is 5.91 Å². The minimum atomic E-state index is -3.43. The summed E-state index contributed by atoms with van der Waals surface area (Å²) in [4.78, 5) is 25.8. The molecule has 1 heterocycles.